The van der Waals surface area contributed by atoms with E-state index in [1.807, 2.05) is 26.9 Å². The van der Waals surface area contributed by atoms with Crippen molar-refractivity contribution < 1.29 is 24.5 Å². The molecule has 0 radical (unpaired) electrons. The molecule has 1 aliphatic rings. The van der Waals surface area contributed by atoms with Crippen molar-refractivity contribution in [1.82, 2.24) is 0 Å². The van der Waals surface area contributed by atoms with E-state index in [0.717, 1.165) is 0 Å². The smallest absolute Gasteiger partial charge is 0.188 e. The van der Waals surface area contributed by atoms with Gasteiger partial charge in [-0.3, -0.25) is 0 Å². The van der Waals surface area contributed by atoms with Gasteiger partial charge < -0.3 is 35.9 Å². The van der Waals surface area contributed by atoms with Gasteiger partial charge in [-0.15, -0.1) is 0 Å². The van der Waals surface area contributed by atoms with Gasteiger partial charge in [-0.25, -0.2) is 0 Å². The first-order valence-corrected chi connectivity index (χ1v) is 10.8. The first-order chi connectivity index (χ1) is 10.0. The van der Waals surface area contributed by atoms with Gasteiger partial charge >= 0.3 is 0 Å². The topological polar surface area (TPSA) is 131 Å². The van der Waals surface area contributed by atoms with Crippen LogP contribution in [-0.2, 0) is 9.47 Å². The summed E-state index contributed by atoms with van der Waals surface area (Å²) in [6, 6.07) is -0.811. The van der Waals surface area contributed by atoms with Gasteiger partial charge in [-0.05, 0) is 31.0 Å². The Morgan fingerprint density at radius 1 is 1.23 bits per heavy atom. The Kier molecular flexibility index (Phi) is 6.97. The molecule has 0 saturated carbocycles. The van der Waals surface area contributed by atoms with Crippen molar-refractivity contribution in [3.05, 3.63) is 0 Å². The highest BCUT2D eigenvalue weighted by molar-refractivity contribution is 6.72. The summed E-state index contributed by atoms with van der Waals surface area (Å²) in [7, 11) is -2.33. The lowest BCUT2D eigenvalue weighted by atomic mass is 9.92. The van der Waals surface area contributed by atoms with E-state index in [-0.39, 0.29) is 11.6 Å². The summed E-state index contributed by atoms with van der Waals surface area (Å²) in [6.07, 6.45) is -2.34. The van der Waals surface area contributed by atoms with Crippen LogP contribution < -0.4 is 11.5 Å². The highest BCUT2D eigenvalue weighted by atomic mass is 28.4. The molecule has 22 heavy (non-hydrogen) atoms. The number of nitrogens with two attached hydrogens (primary N) is 2. The van der Waals surface area contributed by atoms with Crippen molar-refractivity contribution in [1.29, 1.82) is 0 Å². The summed E-state index contributed by atoms with van der Waals surface area (Å²) in [5.74, 6) is 0. The van der Waals surface area contributed by atoms with Crippen LogP contribution in [0.2, 0.25) is 18.1 Å². The van der Waals surface area contributed by atoms with Gasteiger partial charge in [0.05, 0.1) is 18.8 Å². The van der Waals surface area contributed by atoms with E-state index in [1.165, 1.54) is 0 Å². The van der Waals surface area contributed by atoms with Crippen LogP contribution in [0.1, 0.15) is 26.7 Å². The van der Waals surface area contributed by atoms with Crippen LogP contribution in [0.5, 0.6) is 0 Å². The molecule has 0 bridgehead atoms. The summed E-state index contributed by atoms with van der Waals surface area (Å²) in [6.45, 7) is 8.41. The minimum atomic E-state index is -2.33. The van der Waals surface area contributed by atoms with Crippen LogP contribution >= 0.6 is 0 Å². The van der Waals surface area contributed by atoms with Crippen LogP contribution in [-0.4, -0.2) is 67.1 Å². The first kappa shape index (κ1) is 20.0. The van der Waals surface area contributed by atoms with E-state index in [2.05, 4.69) is 0 Å². The van der Waals surface area contributed by atoms with E-state index < -0.39 is 39.0 Å². The zero-order chi connectivity index (χ0) is 17.1. The zero-order valence-corrected chi connectivity index (χ0v) is 15.0. The van der Waals surface area contributed by atoms with Crippen molar-refractivity contribution in [2.45, 2.75) is 75.5 Å². The predicted octanol–water partition coefficient (Wildman–Crippen LogP) is -0.506. The summed E-state index contributed by atoms with van der Waals surface area (Å²) < 4.78 is 11.1. The maximum Gasteiger partial charge on any atom is 0.188 e. The lowest BCUT2D eigenvalue weighted by molar-refractivity contribution is -0.260. The van der Waals surface area contributed by atoms with Crippen molar-refractivity contribution in [2.75, 3.05) is 13.2 Å². The Bertz CT molecular complexity index is 351. The second kappa shape index (κ2) is 7.67. The van der Waals surface area contributed by atoms with Gasteiger partial charge in [0.1, 0.15) is 12.2 Å². The molecule has 1 fully saturated rings. The van der Waals surface area contributed by atoms with Gasteiger partial charge in [0, 0.05) is 6.54 Å². The van der Waals surface area contributed by atoms with E-state index in [9.17, 15) is 15.0 Å². The summed E-state index contributed by atoms with van der Waals surface area (Å²) >= 11 is 0. The van der Waals surface area contributed by atoms with Crippen molar-refractivity contribution in [2.24, 2.45) is 11.5 Å². The number of aliphatic hydroxyl groups is 2. The van der Waals surface area contributed by atoms with Gasteiger partial charge in [0.15, 0.2) is 14.6 Å². The van der Waals surface area contributed by atoms with Crippen LogP contribution in [0.15, 0.2) is 0 Å². The minimum absolute atomic E-state index is 0.228. The van der Waals surface area contributed by atoms with Crippen molar-refractivity contribution in [3.8, 4) is 0 Å². The van der Waals surface area contributed by atoms with E-state index in [0.29, 0.717) is 19.4 Å². The fraction of sp³-hybridized carbons (Fsp3) is 1.00. The molecule has 7 N–H and O–H groups in total. The minimum Gasteiger partial charge on any atom is -0.432 e. The number of hydrogen-bond donors (Lipinski definition) is 5. The number of rotatable bonds is 7. The Morgan fingerprint density at radius 3 is 2.32 bits per heavy atom. The largest absolute Gasteiger partial charge is 0.432 e. The number of aliphatic hydroxyl groups excluding tert-OH is 2. The van der Waals surface area contributed by atoms with Crippen molar-refractivity contribution >= 4 is 8.32 Å². The van der Waals surface area contributed by atoms with Gasteiger partial charge in [-0.1, -0.05) is 13.8 Å². The molecule has 5 atom stereocenters. The molecule has 0 aromatic carbocycles. The van der Waals surface area contributed by atoms with Gasteiger partial charge in [0.2, 0.25) is 0 Å². The maximum atomic E-state index is 10.3. The molecule has 0 aromatic rings. The number of ether oxygens (including phenoxy) is 2. The van der Waals surface area contributed by atoms with Crippen LogP contribution in [0, 0.1) is 0 Å². The molecule has 1 aliphatic heterocycles. The Balaban J connectivity index is 2.68. The van der Waals surface area contributed by atoms with Crippen LogP contribution in [0.25, 0.3) is 0 Å². The molecule has 1 heterocycles. The molecule has 0 aliphatic carbocycles. The predicted molar refractivity (Wildman–Crippen MR) is 86.6 cm³/mol. The molecular weight excluding hydrogens is 304 g/mol. The van der Waals surface area contributed by atoms with Crippen LogP contribution in [0.3, 0.4) is 0 Å². The summed E-state index contributed by atoms with van der Waals surface area (Å²) in [4.78, 5) is 10.3. The Morgan fingerprint density at radius 2 is 1.82 bits per heavy atom. The summed E-state index contributed by atoms with van der Waals surface area (Å²) in [5, 5.41) is 20.0. The highest BCUT2D eigenvalue weighted by Crippen LogP contribution is 2.41. The monoisotopic (exact) mass is 336 g/mol. The molecule has 1 rings (SSSR count). The van der Waals surface area contributed by atoms with E-state index >= 15 is 0 Å². The van der Waals surface area contributed by atoms with Gasteiger partial charge in [0.25, 0.3) is 0 Å². The third-order valence-corrected chi connectivity index (χ3v) is 8.42. The third-order valence-electron chi connectivity index (χ3n) is 4.86. The molecule has 3 unspecified atom stereocenters. The molecule has 132 valence electrons. The quantitative estimate of drug-likeness (QED) is 0.396. The first-order valence-electron chi connectivity index (χ1n) is 7.82. The fourth-order valence-corrected chi connectivity index (χ4v) is 3.09. The fourth-order valence-electron chi connectivity index (χ4n) is 2.33. The van der Waals surface area contributed by atoms with E-state index in [4.69, 9.17) is 20.9 Å². The normalized spacial score (nSPS) is 34.0. The SMILES string of the molecule is CC(C)(CCC1O[C@@H](OCCN)C(N)C(O)[C@@H]1O)[Si](C)(C)O. The van der Waals surface area contributed by atoms with Crippen LogP contribution in [0.4, 0.5) is 0 Å². The second-order valence-corrected chi connectivity index (χ2v) is 11.7. The highest BCUT2D eigenvalue weighted by Gasteiger charge is 2.45. The number of hydrogen-bond acceptors (Lipinski definition) is 7. The molecule has 8 heteroatoms. The molecule has 0 aromatic heterocycles. The van der Waals surface area contributed by atoms with Gasteiger partial charge in [-0.2, -0.15) is 0 Å². The molecule has 1 saturated heterocycles. The average Bonchev–Trinajstić information content (AvgIpc) is 2.42. The molecule has 7 nitrogen and oxygen atoms in total. The molecule has 0 amide bonds. The van der Waals surface area contributed by atoms with E-state index in [1.54, 1.807) is 0 Å². The molecule has 0 spiro atoms. The zero-order valence-electron chi connectivity index (χ0n) is 14.0. The second-order valence-electron chi connectivity index (χ2n) is 7.24. The Hall–Kier alpha value is -0.0631. The summed E-state index contributed by atoms with van der Waals surface area (Å²) in [5.41, 5.74) is 11.2. The lowest BCUT2D eigenvalue weighted by Gasteiger charge is -2.43. The Labute approximate surface area is 133 Å². The maximum absolute atomic E-state index is 10.3. The average molecular weight is 337 g/mol. The standard InChI is InChI=1S/C14H32N2O5Si/c1-14(2,22(3,4)19)6-5-9-11(17)12(18)10(16)13(21-9)20-8-7-15/h9-13,17-19H,5-8,15-16H2,1-4H3/t9?,10?,11-,12?,13-/m1/s1. The molecular formula is C14H32N2O5Si. The third kappa shape index (κ3) is 4.72. The lowest BCUT2D eigenvalue weighted by Crippen LogP contribution is -2.62. The van der Waals surface area contributed by atoms with Crippen molar-refractivity contribution in [3.63, 3.8) is 0 Å².